The molecule has 0 amide bonds. The van der Waals surface area contributed by atoms with E-state index in [2.05, 4.69) is 15.6 Å². The van der Waals surface area contributed by atoms with Gasteiger partial charge in [0.05, 0.1) is 13.7 Å². The Hall–Kier alpha value is -2.86. The molecular weight excluding hydrogens is 346 g/mol. The van der Waals surface area contributed by atoms with Gasteiger partial charge in [-0.1, -0.05) is 18.2 Å². The maximum absolute atomic E-state index is 5.64. The number of thiocarbonyl (C=S) groups is 1. The molecule has 0 aliphatic carbocycles. The number of rotatable bonds is 6. The van der Waals surface area contributed by atoms with E-state index in [9.17, 15) is 0 Å². The topological polar surface area (TPSA) is 55.4 Å². The molecule has 6 heteroatoms. The van der Waals surface area contributed by atoms with Gasteiger partial charge in [0.25, 0.3) is 0 Å². The van der Waals surface area contributed by atoms with E-state index in [0.29, 0.717) is 18.3 Å². The van der Waals surface area contributed by atoms with Crippen molar-refractivity contribution in [2.24, 2.45) is 0 Å². The standard InChI is InChI=1S/C20H21N3O2S/c1-3-25-17-9-5-4-7-14(17)13-22-20(26)23-16-10-11-18(24-2)19-15(16)8-6-12-21-19/h4-12H,3,13H2,1-2H3,(H2,22,23,26). The molecule has 0 atom stereocenters. The van der Waals surface area contributed by atoms with Crippen molar-refractivity contribution < 1.29 is 9.47 Å². The average molecular weight is 367 g/mol. The highest BCUT2D eigenvalue weighted by Gasteiger charge is 2.09. The number of pyridine rings is 1. The first-order chi connectivity index (χ1) is 12.7. The fourth-order valence-corrected chi connectivity index (χ4v) is 2.89. The molecule has 0 aliphatic rings. The van der Waals surface area contributed by atoms with Crippen LogP contribution in [0.2, 0.25) is 0 Å². The largest absolute Gasteiger partial charge is 0.494 e. The zero-order valence-corrected chi connectivity index (χ0v) is 15.6. The van der Waals surface area contributed by atoms with E-state index in [1.54, 1.807) is 13.3 Å². The summed E-state index contributed by atoms with van der Waals surface area (Å²) in [6.45, 7) is 3.18. The number of fused-ring (bicyclic) bond motifs is 1. The first-order valence-electron chi connectivity index (χ1n) is 8.40. The average Bonchev–Trinajstić information content (AvgIpc) is 2.68. The van der Waals surface area contributed by atoms with Crippen LogP contribution in [0.15, 0.2) is 54.7 Å². The van der Waals surface area contributed by atoms with E-state index >= 15 is 0 Å². The lowest BCUT2D eigenvalue weighted by molar-refractivity contribution is 0.336. The summed E-state index contributed by atoms with van der Waals surface area (Å²) < 4.78 is 11.0. The Morgan fingerprint density at radius 2 is 1.92 bits per heavy atom. The molecule has 2 aromatic carbocycles. The van der Waals surface area contributed by atoms with E-state index in [0.717, 1.165) is 33.7 Å². The lowest BCUT2D eigenvalue weighted by Crippen LogP contribution is -2.28. The van der Waals surface area contributed by atoms with E-state index in [1.807, 2.05) is 55.5 Å². The number of ether oxygens (including phenoxy) is 2. The number of hydrogen-bond donors (Lipinski definition) is 2. The van der Waals surface area contributed by atoms with Crippen LogP contribution >= 0.6 is 12.2 Å². The zero-order valence-electron chi connectivity index (χ0n) is 14.8. The van der Waals surface area contributed by atoms with E-state index in [-0.39, 0.29) is 0 Å². The van der Waals surface area contributed by atoms with Crippen LogP contribution in [0, 0.1) is 0 Å². The van der Waals surface area contributed by atoms with Crippen molar-refractivity contribution in [3.8, 4) is 11.5 Å². The molecule has 3 rings (SSSR count). The normalized spacial score (nSPS) is 10.4. The maximum atomic E-state index is 5.64. The number of benzene rings is 2. The van der Waals surface area contributed by atoms with Crippen LogP contribution in [0.4, 0.5) is 5.69 Å². The molecule has 0 aliphatic heterocycles. The van der Waals surface area contributed by atoms with Gasteiger partial charge in [0, 0.05) is 29.4 Å². The summed E-state index contributed by atoms with van der Waals surface area (Å²) in [5.41, 5.74) is 2.73. The fourth-order valence-electron chi connectivity index (χ4n) is 2.71. The lowest BCUT2D eigenvalue weighted by atomic mass is 10.1. The molecule has 134 valence electrons. The molecule has 5 nitrogen and oxygen atoms in total. The zero-order chi connectivity index (χ0) is 18.4. The third kappa shape index (κ3) is 4.03. The van der Waals surface area contributed by atoms with Gasteiger partial charge in [-0.15, -0.1) is 0 Å². The van der Waals surface area contributed by atoms with Gasteiger partial charge in [-0.2, -0.15) is 0 Å². The highest BCUT2D eigenvalue weighted by Crippen LogP contribution is 2.29. The molecule has 0 spiro atoms. The summed E-state index contributed by atoms with van der Waals surface area (Å²) in [7, 11) is 1.64. The maximum Gasteiger partial charge on any atom is 0.171 e. The van der Waals surface area contributed by atoms with Crippen LogP contribution in [-0.2, 0) is 6.54 Å². The summed E-state index contributed by atoms with van der Waals surface area (Å²) in [6.07, 6.45) is 1.75. The van der Waals surface area contributed by atoms with Gasteiger partial charge in [-0.05, 0) is 49.5 Å². The summed E-state index contributed by atoms with van der Waals surface area (Å²) in [6, 6.07) is 15.6. The van der Waals surface area contributed by atoms with Gasteiger partial charge in [0.15, 0.2) is 5.11 Å². The Labute approximate surface area is 158 Å². The molecule has 0 fully saturated rings. The number of anilines is 1. The predicted octanol–water partition coefficient (Wildman–Crippen LogP) is 4.13. The molecule has 3 aromatic rings. The van der Waals surface area contributed by atoms with Crippen molar-refractivity contribution in [2.45, 2.75) is 13.5 Å². The third-order valence-electron chi connectivity index (χ3n) is 3.91. The second-order valence-corrected chi connectivity index (χ2v) is 5.97. The Kier molecular flexibility index (Phi) is 5.86. The number of nitrogens with zero attached hydrogens (tertiary/aromatic N) is 1. The fraction of sp³-hybridized carbons (Fsp3) is 0.200. The Morgan fingerprint density at radius 1 is 1.08 bits per heavy atom. The van der Waals surface area contributed by atoms with Crippen LogP contribution in [0.25, 0.3) is 10.9 Å². The van der Waals surface area contributed by atoms with Crippen LogP contribution in [-0.4, -0.2) is 23.8 Å². The minimum Gasteiger partial charge on any atom is -0.494 e. The van der Waals surface area contributed by atoms with Crippen LogP contribution in [0.1, 0.15) is 12.5 Å². The van der Waals surface area contributed by atoms with Crippen LogP contribution in [0.5, 0.6) is 11.5 Å². The van der Waals surface area contributed by atoms with E-state index < -0.39 is 0 Å². The van der Waals surface area contributed by atoms with Gasteiger partial charge in [0.1, 0.15) is 17.0 Å². The summed E-state index contributed by atoms with van der Waals surface area (Å²) in [5, 5.41) is 7.95. The van der Waals surface area contributed by atoms with Gasteiger partial charge in [-0.3, -0.25) is 4.98 Å². The van der Waals surface area contributed by atoms with E-state index in [4.69, 9.17) is 21.7 Å². The monoisotopic (exact) mass is 367 g/mol. The van der Waals surface area contributed by atoms with Crippen LogP contribution < -0.4 is 20.1 Å². The van der Waals surface area contributed by atoms with Crippen molar-refractivity contribution in [1.82, 2.24) is 10.3 Å². The second-order valence-electron chi connectivity index (χ2n) is 5.56. The number of methoxy groups -OCH3 is 1. The molecule has 1 heterocycles. The molecule has 2 N–H and O–H groups in total. The molecule has 0 saturated heterocycles. The quantitative estimate of drug-likeness (QED) is 0.639. The van der Waals surface area contributed by atoms with Crippen molar-refractivity contribution in [2.75, 3.05) is 19.0 Å². The molecule has 0 saturated carbocycles. The van der Waals surface area contributed by atoms with Gasteiger partial charge in [0.2, 0.25) is 0 Å². The van der Waals surface area contributed by atoms with Crippen LogP contribution in [0.3, 0.4) is 0 Å². The van der Waals surface area contributed by atoms with Crippen molar-refractivity contribution in [3.05, 3.63) is 60.3 Å². The minimum absolute atomic E-state index is 0.534. The molecule has 0 radical (unpaired) electrons. The molecule has 0 unspecified atom stereocenters. The second kappa shape index (κ2) is 8.49. The van der Waals surface area contributed by atoms with E-state index in [1.165, 1.54) is 0 Å². The molecule has 0 bridgehead atoms. The number of nitrogens with one attached hydrogen (secondary N) is 2. The lowest BCUT2D eigenvalue weighted by Gasteiger charge is -2.15. The first-order valence-corrected chi connectivity index (χ1v) is 8.81. The molecular formula is C20H21N3O2S. The summed E-state index contributed by atoms with van der Waals surface area (Å²) >= 11 is 5.45. The smallest absolute Gasteiger partial charge is 0.171 e. The molecule has 1 aromatic heterocycles. The van der Waals surface area contributed by atoms with Gasteiger partial charge in [-0.25, -0.2) is 0 Å². The van der Waals surface area contributed by atoms with Gasteiger partial charge >= 0.3 is 0 Å². The first kappa shape index (κ1) is 17.9. The predicted molar refractivity (Wildman–Crippen MR) is 109 cm³/mol. The number of hydrogen-bond acceptors (Lipinski definition) is 4. The SMILES string of the molecule is CCOc1ccccc1CNC(=S)Nc1ccc(OC)c2ncccc12. The molecule has 26 heavy (non-hydrogen) atoms. The van der Waals surface area contributed by atoms with Crippen molar-refractivity contribution in [3.63, 3.8) is 0 Å². The summed E-state index contributed by atoms with van der Waals surface area (Å²) in [4.78, 5) is 4.40. The Bertz CT molecular complexity index is 914. The third-order valence-corrected chi connectivity index (χ3v) is 4.16. The number of aromatic nitrogens is 1. The summed E-state index contributed by atoms with van der Waals surface area (Å²) in [5.74, 6) is 1.60. The Morgan fingerprint density at radius 3 is 2.73 bits per heavy atom. The minimum atomic E-state index is 0.534. The van der Waals surface area contributed by atoms with Gasteiger partial charge < -0.3 is 20.1 Å². The van der Waals surface area contributed by atoms with Crippen molar-refractivity contribution in [1.29, 1.82) is 0 Å². The number of para-hydroxylation sites is 1. The Balaban J connectivity index is 1.72. The van der Waals surface area contributed by atoms with Crippen molar-refractivity contribution >= 4 is 33.9 Å². The highest BCUT2D eigenvalue weighted by molar-refractivity contribution is 7.80. The highest BCUT2D eigenvalue weighted by atomic mass is 32.1.